The van der Waals surface area contributed by atoms with E-state index in [-0.39, 0.29) is 11.0 Å². The number of nitrogens with zero attached hydrogens (tertiary/aromatic N) is 1. The summed E-state index contributed by atoms with van der Waals surface area (Å²) in [5.41, 5.74) is 0.127. The Kier molecular flexibility index (Phi) is 2.77. The molecule has 2 heteroatoms. The summed E-state index contributed by atoms with van der Waals surface area (Å²) < 4.78 is 0. The number of nitrogens with one attached hydrogen (secondary N) is 1. The molecule has 0 spiro atoms. The number of piperidine rings is 1. The molecule has 1 N–H and O–H groups in total. The van der Waals surface area contributed by atoms with Crippen LogP contribution in [0, 0.1) is 22.7 Å². The van der Waals surface area contributed by atoms with Crippen LogP contribution in [0.1, 0.15) is 52.4 Å². The summed E-state index contributed by atoms with van der Waals surface area (Å²) in [5.74, 6) is 0.670. The molecule has 1 heterocycles. The third kappa shape index (κ3) is 2.03. The summed E-state index contributed by atoms with van der Waals surface area (Å²) in [7, 11) is 0. The zero-order valence-corrected chi connectivity index (χ0v) is 9.97. The third-order valence-electron chi connectivity index (χ3n) is 4.29. The predicted octanol–water partition coefficient (Wildman–Crippen LogP) is 2.85. The van der Waals surface area contributed by atoms with E-state index >= 15 is 0 Å². The van der Waals surface area contributed by atoms with Crippen LogP contribution in [-0.4, -0.2) is 12.1 Å². The van der Waals surface area contributed by atoms with Gasteiger partial charge in [0.05, 0.1) is 11.5 Å². The fourth-order valence-corrected chi connectivity index (χ4v) is 3.58. The molecule has 2 fully saturated rings. The molecular weight excluding hydrogens is 184 g/mol. The van der Waals surface area contributed by atoms with E-state index in [2.05, 4.69) is 25.2 Å². The van der Waals surface area contributed by atoms with Crippen molar-refractivity contribution in [1.29, 1.82) is 5.26 Å². The zero-order chi connectivity index (χ0) is 10.9. The molecule has 1 saturated heterocycles. The van der Waals surface area contributed by atoms with Crippen molar-refractivity contribution in [1.82, 2.24) is 5.32 Å². The Morgan fingerprint density at radius 1 is 1.27 bits per heavy atom. The quantitative estimate of drug-likeness (QED) is 0.716. The van der Waals surface area contributed by atoms with E-state index in [0.29, 0.717) is 5.92 Å². The van der Waals surface area contributed by atoms with Gasteiger partial charge in [0.25, 0.3) is 0 Å². The van der Waals surface area contributed by atoms with E-state index in [1.165, 1.54) is 25.7 Å². The molecule has 0 aromatic carbocycles. The third-order valence-corrected chi connectivity index (χ3v) is 4.29. The molecule has 0 amide bonds. The average Bonchev–Trinajstić information content (AvgIpc) is 2.69. The second-order valence-corrected chi connectivity index (χ2v) is 5.99. The van der Waals surface area contributed by atoms with Crippen molar-refractivity contribution in [2.24, 2.45) is 11.3 Å². The Labute approximate surface area is 93.0 Å². The van der Waals surface area contributed by atoms with E-state index < -0.39 is 0 Å². The smallest absolute Gasteiger partial charge is 0.0693 e. The first-order chi connectivity index (χ1) is 7.08. The SMILES string of the molecule is CC1(C)CC(C#N)(C2CCCC2)CCN1. The lowest BCUT2D eigenvalue weighted by molar-refractivity contribution is 0.110. The Morgan fingerprint density at radius 2 is 1.93 bits per heavy atom. The first-order valence-electron chi connectivity index (χ1n) is 6.24. The molecule has 0 aromatic heterocycles. The Bertz CT molecular complexity index is 271. The summed E-state index contributed by atoms with van der Waals surface area (Å²) in [6, 6.07) is 2.67. The lowest BCUT2D eigenvalue weighted by Crippen LogP contribution is -2.52. The van der Waals surface area contributed by atoms with Gasteiger partial charge in [0.2, 0.25) is 0 Å². The maximum absolute atomic E-state index is 9.56. The van der Waals surface area contributed by atoms with Crippen LogP contribution in [0.4, 0.5) is 0 Å². The van der Waals surface area contributed by atoms with Crippen LogP contribution in [0.3, 0.4) is 0 Å². The minimum atomic E-state index is -0.0226. The van der Waals surface area contributed by atoms with Crippen LogP contribution in [0.15, 0.2) is 0 Å². The molecule has 0 radical (unpaired) electrons. The van der Waals surface area contributed by atoms with Crippen LogP contribution in [0.25, 0.3) is 0 Å². The minimum Gasteiger partial charge on any atom is -0.312 e. The van der Waals surface area contributed by atoms with Crippen molar-refractivity contribution in [2.75, 3.05) is 6.54 Å². The molecule has 0 bridgehead atoms. The Hall–Kier alpha value is -0.550. The summed E-state index contributed by atoms with van der Waals surface area (Å²) in [5, 5.41) is 13.1. The van der Waals surface area contributed by atoms with E-state index in [4.69, 9.17) is 0 Å². The fraction of sp³-hybridized carbons (Fsp3) is 0.923. The Balaban J connectivity index is 2.17. The molecule has 0 aromatic rings. The van der Waals surface area contributed by atoms with E-state index in [1.54, 1.807) is 0 Å². The summed E-state index contributed by atoms with van der Waals surface area (Å²) in [4.78, 5) is 0. The van der Waals surface area contributed by atoms with Crippen molar-refractivity contribution in [3.05, 3.63) is 0 Å². The van der Waals surface area contributed by atoms with Gasteiger partial charge in [0, 0.05) is 5.54 Å². The van der Waals surface area contributed by atoms with E-state index in [1.807, 2.05) is 0 Å². The largest absolute Gasteiger partial charge is 0.312 e. The van der Waals surface area contributed by atoms with Crippen LogP contribution in [0.5, 0.6) is 0 Å². The number of nitriles is 1. The minimum absolute atomic E-state index is 0.0226. The van der Waals surface area contributed by atoms with Crippen molar-refractivity contribution < 1.29 is 0 Å². The molecule has 2 rings (SSSR count). The maximum atomic E-state index is 9.56. The number of rotatable bonds is 1. The highest BCUT2D eigenvalue weighted by Crippen LogP contribution is 2.48. The van der Waals surface area contributed by atoms with Gasteiger partial charge in [0.1, 0.15) is 0 Å². The number of hydrogen-bond donors (Lipinski definition) is 1. The lowest BCUT2D eigenvalue weighted by Gasteiger charge is -2.44. The second kappa shape index (κ2) is 3.79. The van der Waals surface area contributed by atoms with Gasteiger partial charge < -0.3 is 5.32 Å². The van der Waals surface area contributed by atoms with Gasteiger partial charge in [-0.05, 0) is 52.0 Å². The molecular formula is C13H22N2. The first-order valence-corrected chi connectivity index (χ1v) is 6.24. The molecule has 1 saturated carbocycles. The normalized spacial score (nSPS) is 36.3. The van der Waals surface area contributed by atoms with Gasteiger partial charge in [0.15, 0.2) is 0 Å². The predicted molar refractivity (Wildman–Crippen MR) is 61.3 cm³/mol. The molecule has 2 nitrogen and oxygen atoms in total. The highest BCUT2D eigenvalue weighted by atomic mass is 15.0. The zero-order valence-electron chi connectivity index (χ0n) is 9.97. The standard InChI is InChI=1S/C13H22N2/c1-12(2)9-13(10-14,7-8-15-12)11-5-3-4-6-11/h11,15H,3-9H2,1-2H3. The summed E-state index contributed by atoms with van der Waals surface area (Å²) in [6.07, 6.45) is 7.32. The molecule has 1 aliphatic carbocycles. The fourth-order valence-electron chi connectivity index (χ4n) is 3.58. The van der Waals surface area contributed by atoms with Crippen LogP contribution < -0.4 is 5.32 Å². The van der Waals surface area contributed by atoms with Crippen molar-refractivity contribution in [3.8, 4) is 6.07 Å². The topological polar surface area (TPSA) is 35.8 Å². The van der Waals surface area contributed by atoms with Crippen LogP contribution >= 0.6 is 0 Å². The summed E-state index contributed by atoms with van der Waals surface area (Å²) >= 11 is 0. The highest BCUT2D eigenvalue weighted by molar-refractivity contribution is 5.10. The average molecular weight is 206 g/mol. The summed E-state index contributed by atoms with van der Waals surface area (Å²) in [6.45, 7) is 5.47. The monoisotopic (exact) mass is 206 g/mol. The molecule has 2 aliphatic rings. The van der Waals surface area contributed by atoms with Gasteiger partial charge in [-0.3, -0.25) is 0 Å². The van der Waals surface area contributed by atoms with Gasteiger partial charge in [-0.25, -0.2) is 0 Å². The van der Waals surface area contributed by atoms with Crippen molar-refractivity contribution >= 4 is 0 Å². The van der Waals surface area contributed by atoms with Gasteiger partial charge >= 0.3 is 0 Å². The molecule has 15 heavy (non-hydrogen) atoms. The lowest BCUT2D eigenvalue weighted by atomic mass is 9.64. The number of hydrogen-bond acceptors (Lipinski definition) is 2. The van der Waals surface area contributed by atoms with Crippen LogP contribution in [-0.2, 0) is 0 Å². The van der Waals surface area contributed by atoms with E-state index in [9.17, 15) is 5.26 Å². The highest BCUT2D eigenvalue weighted by Gasteiger charge is 2.46. The maximum Gasteiger partial charge on any atom is 0.0693 e. The Morgan fingerprint density at radius 3 is 2.47 bits per heavy atom. The van der Waals surface area contributed by atoms with Crippen molar-refractivity contribution in [3.63, 3.8) is 0 Å². The molecule has 1 aliphatic heterocycles. The van der Waals surface area contributed by atoms with Crippen molar-refractivity contribution in [2.45, 2.75) is 57.9 Å². The molecule has 84 valence electrons. The molecule has 1 unspecified atom stereocenters. The molecule has 1 atom stereocenters. The van der Waals surface area contributed by atoms with Crippen LogP contribution in [0.2, 0.25) is 0 Å². The second-order valence-electron chi connectivity index (χ2n) is 5.99. The first kappa shape index (κ1) is 11.0. The van der Waals surface area contributed by atoms with Gasteiger partial charge in [-0.1, -0.05) is 12.8 Å². The van der Waals surface area contributed by atoms with E-state index in [0.717, 1.165) is 19.4 Å². The van der Waals surface area contributed by atoms with Gasteiger partial charge in [-0.15, -0.1) is 0 Å². The van der Waals surface area contributed by atoms with Gasteiger partial charge in [-0.2, -0.15) is 5.26 Å².